The number of carbonyl (C=O) groups excluding carboxylic acids is 1. The minimum absolute atomic E-state index is 0.279. The second-order valence-electron chi connectivity index (χ2n) is 4.16. The van der Waals surface area contributed by atoms with Gasteiger partial charge in [-0.25, -0.2) is 0 Å². The molecular formula is C13H22N2O3S. The maximum atomic E-state index is 12.2. The van der Waals surface area contributed by atoms with Gasteiger partial charge in [-0.3, -0.25) is 4.79 Å². The highest BCUT2D eigenvalue weighted by Crippen LogP contribution is 2.32. The Labute approximate surface area is 118 Å². The monoisotopic (exact) mass is 286 g/mol. The summed E-state index contributed by atoms with van der Waals surface area (Å²) in [6.45, 7) is 8.10. The van der Waals surface area contributed by atoms with Crippen LogP contribution in [0.25, 0.3) is 0 Å². The molecule has 6 heteroatoms. The highest BCUT2D eigenvalue weighted by Gasteiger charge is 2.43. The quantitative estimate of drug-likeness (QED) is 0.685. The van der Waals surface area contributed by atoms with Crippen molar-refractivity contribution in [2.24, 2.45) is 0 Å². The van der Waals surface area contributed by atoms with Gasteiger partial charge in [-0.15, -0.1) is 0 Å². The van der Waals surface area contributed by atoms with Crippen molar-refractivity contribution >= 4 is 17.7 Å². The van der Waals surface area contributed by atoms with Crippen LogP contribution in [-0.4, -0.2) is 28.5 Å². The van der Waals surface area contributed by atoms with Crippen LogP contribution in [0.4, 0.5) is 0 Å². The normalized spacial score (nSPS) is 11.6. The SMILES string of the molecule is CCOC(=O)C(CC)(CC)c1nc(CSCC)no1. The smallest absolute Gasteiger partial charge is 0.321 e. The lowest BCUT2D eigenvalue weighted by atomic mass is 9.82. The lowest BCUT2D eigenvalue weighted by molar-refractivity contribution is -0.151. The van der Waals surface area contributed by atoms with Gasteiger partial charge in [-0.05, 0) is 25.5 Å². The predicted molar refractivity (Wildman–Crippen MR) is 75.0 cm³/mol. The molecule has 0 aliphatic heterocycles. The number of nitrogens with zero attached hydrogens (tertiary/aromatic N) is 2. The van der Waals surface area contributed by atoms with Gasteiger partial charge in [0, 0.05) is 0 Å². The van der Waals surface area contributed by atoms with Gasteiger partial charge >= 0.3 is 5.97 Å². The fourth-order valence-electron chi connectivity index (χ4n) is 1.90. The van der Waals surface area contributed by atoms with Crippen LogP contribution >= 0.6 is 11.8 Å². The van der Waals surface area contributed by atoms with Crippen LogP contribution < -0.4 is 0 Å². The van der Waals surface area contributed by atoms with E-state index in [2.05, 4.69) is 17.1 Å². The van der Waals surface area contributed by atoms with Crippen molar-refractivity contribution in [2.45, 2.75) is 51.7 Å². The maximum Gasteiger partial charge on any atom is 0.321 e. The van der Waals surface area contributed by atoms with E-state index in [-0.39, 0.29) is 5.97 Å². The molecule has 1 aromatic heterocycles. The van der Waals surface area contributed by atoms with Crippen molar-refractivity contribution in [3.63, 3.8) is 0 Å². The van der Waals surface area contributed by atoms with Crippen LogP contribution in [0.5, 0.6) is 0 Å². The molecule has 0 fully saturated rings. The molecule has 1 aromatic rings. The first-order valence-corrected chi connectivity index (χ1v) is 7.88. The number of rotatable bonds is 8. The summed E-state index contributed by atoms with van der Waals surface area (Å²) >= 11 is 1.72. The molecule has 0 unspecified atom stereocenters. The zero-order valence-corrected chi connectivity index (χ0v) is 12.9. The van der Waals surface area contributed by atoms with E-state index in [1.54, 1.807) is 18.7 Å². The van der Waals surface area contributed by atoms with Gasteiger partial charge in [-0.2, -0.15) is 16.7 Å². The maximum absolute atomic E-state index is 12.2. The third kappa shape index (κ3) is 3.49. The number of esters is 1. The van der Waals surface area contributed by atoms with Gasteiger partial charge in [0.15, 0.2) is 5.82 Å². The van der Waals surface area contributed by atoms with Gasteiger partial charge in [0.05, 0.1) is 12.4 Å². The molecule has 0 spiro atoms. The van der Waals surface area contributed by atoms with Crippen molar-refractivity contribution in [3.05, 3.63) is 11.7 Å². The fraction of sp³-hybridized carbons (Fsp3) is 0.769. The number of hydrogen-bond donors (Lipinski definition) is 0. The number of carbonyl (C=O) groups is 1. The second-order valence-corrected chi connectivity index (χ2v) is 5.44. The average molecular weight is 286 g/mol. The average Bonchev–Trinajstić information content (AvgIpc) is 2.88. The highest BCUT2D eigenvalue weighted by molar-refractivity contribution is 7.98. The molecule has 19 heavy (non-hydrogen) atoms. The second kappa shape index (κ2) is 7.53. The molecule has 0 aliphatic carbocycles. The minimum atomic E-state index is -0.807. The summed E-state index contributed by atoms with van der Waals surface area (Å²) in [7, 11) is 0. The topological polar surface area (TPSA) is 65.2 Å². The Hall–Kier alpha value is -1.04. The summed E-state index contributed by atoms with van der Waals surface area (Å²) in [5.74, 6) is 2.43. The Bertz CT molecular complexity index is 402. The standard InChI is InChI=1S/C13H22N2O3S/c1-5-13(6-2,12(16)17-7-3)11-14-10(15-18-11)9-19-8-4/h5-9H2,1-4H3. The van der Waals surface area contributed by atoms with Gasteiger partial charge in [0.2, 0.25) is 5.89 Å². The number of ether oxygens (including phenoxy) is 1. The Balaban J connectivity index is 2.98. The van der Waals surface area contributed by atoms with Crippen molar-refractivity contribution in [3.8, 4) is 0 Å². The van der Waals surface area contributed by atoms with E-state index in [1.165, 1.54) is 0 Å². The van der Waals surface area contributed by atoms with Gasteiger partial charge in [0.25, 0.3) is 0 Å². The molecule has 108 valence electrons. The van der Waals surface area contributed by atoms with Gasteiger partial charge < -0.3 is 9.26 Å². The van der Waals surface area contributed by atoms with Crippen LogP contribution in [0, 0.1) is 0 Å². The first-order chi connectivity index (χ1) is 9.14. The third-order valence-corrected chi connectivity index (χ3v) is 4.06. The summed E-state index contributed by atoms with van der Waals surface area (Å²) in [6.07, 6.45) is 1.18. The van der Waals surface area contributed by atoms with E-state index in [4.69, 9.17) is 9.26 Å². The molecule has 0 aromatic carbocycles. The summed E-state index contributed by atoms with van der Waals surface area (Å²) < 4.78 is 10.5. The molecule has 0 amide bonds. The summed E-state index contributed by atoms with van der Waals surface area (Å²) in [5, 5.41) is 3.94. The fourth-order valence-corrected chi connectivity index (χ4v) is 2.40. The van der Waals surface area contributed by atoms with E-state index >= 15 is 0 Å². The highest BCUT2D eigenvalue weighted by atomic mass is 32.2. The lowest BCUT2D eigenvalue weighted by Gasteiger charge is -2.24. The number of hydrogen-bond acceptors (Lipinski definition) is 6. The summed E-state index contributed by atoms with van der Waals surface area (Å²) in [6, 6.07) is 0. The van der Waals surface area contributed by atoms with E-state index in [9.17, 15) is 4.79 Å². The Morgan fingerprint density at radius 1 is 1.32 bits per heavy atom. The molecule has 0 saturated carbocycles. The summed E-state index contributed by atoms with van der Waals surface area (Å²) in [4.78, 5) is 16.6. The van der Waals surface area contributed by atoms with Gasteiger partial charge in [0.1, 0.15) is 5.41 Å². The van der Waals surface area contributed by atoms with E-state index in [0.717, 1.165) is 5.75 Å². The zero-order chi connectivity index (χ0) is 14.3. The van der Waals surface area contributed by atoms with Crippen LogP contribution in [-0.2, 0) is 20.7 Å². The Morgan fingerprint density at radius 3 is 2.53 bits per heavy atom. The van der Waals surface area contributed by atoms with Crippen molar-refractivity contribution < 1.29 is 14.1 Å². The Morgan fingerprint density at radius 2 is 2.00 bits per heavy atom. The van der Waals surface area contributed by atoms with Crippen LogP contribution in [0.3, 0.4) is 0 Å². The zero-order valence-electron chi connectivity index (χ0n) is 12.1. The van der Waals surface area contributed by atoms with E-state index in [0.29, 0.717) is 36.9 Å². The van der Waals surface area contributed by atoms with E-state index in [1.807, 2.05) is 13.8 Å². The predicted octanol–water partition coefficient (Wildman–Crippen LogP) is 2.94. The molecule has 0 saturated heterocycles. The molecule has 5 nitrogen and oxygen atoms in total. The number of aromatic nitrogens is 2. The van der Waals surface area contributed by atoms with Crippen molar-refractivity contribution in [1.29, 1.82) is 0 Å². The van der Waals surface area contributed by atoms with Crippen LogP contribution in [0.2, 0.25) is 0 Å². The molecular weight excluding hydrogens is 264 g/mol. The lowest BCUT2D eigenvalue weighted by Crippen LogP contribution is -2.36. The number of thioether (sulfide) groups is 1. The van der Waals surface area contributed by atoms with E-state index < -0.39 is 5.41 Å². The largest absolute Gasteiger partial charge is 0.465 e. The molecule has 0 aliphatic rings. The third-order valence-electron chi connectivity index (χ3n) is 3.19. The molecule has 1 rings (SSSR count). The molecule has 0 bridgehead atoms. The minimum Gasteiger partial charge on any atom is -0.465 e. The molecule has 0 N–H and O–H groups in total. The van der Waals surface area contributed by atoms with Crippen LogP contribution in [0.1, 0.15) is 52.3 Å². The first-order valence-electron chi connectivity index (χ1n) is 6.72. The molecule has 0 atom stereocenters. The Kier molecular flexibility index (Phi) is 6.34. The first kappa shape index (κ1) is 16.0. The molecule has 0 radical (unpaired) electrons. The van der Waals surface area contributed by atoms with Crippen molar-refractivity contribution in [1.82, 2.24) is 10.1 Å². The van der Waals surface area contributed by atoms with Crippen molar-refractivity contribution in [2.75, 3.05) is 12.4 Å². The molecule has 1 heterocycles. The van der Waals surface area contributed by atoms with Crippen LogP contribution in [0.15, 0.2) is 4.52 Å². The van der Waals surface area contributed by atoms with Gasteiger partial charge in [-0.1, -0.05) is 25.9 Å². The summed E-state index contributed by atoms with van der Waals surface area (Å²) in [5.41, 5.74) is -0.807.